The van der Waals surface area contributed by atoms with Gasteiger partial charge in [-0.25, -0.2) is 9.36 Å². The van der Waals surface area contributed by atoms with Gasteiger partial charge in [0.05, 0.1) is 11.0 Å². The fourth-order valence-corrected chi connectivity index (χ4v) is 3.38. The first-order chi connectivity index (χ1) is 11.7. The molecule has 0 atom stereocenters. The van der Waals surface area contributed by atoms with Gasteiger partial charge in [0, 0.05) is 25.3 Å². The highest BCUT2D eigenvalue weighted by Crippen LogP contribution is 2.30. The average molecular weight is 326 g/mol. The molecule has 2 aromatic heterocycles. The smallest absolute Gasteiger partial charge is 0.336 e. The second kappa shape index (κ2) is 5.74. The van der Waals surface area contributed by atoms with Crippen LogP contribution in [0.4, 0.5) is 0 Å². The molecule has 0 unspecified atom stereocenters. The molecule has 124 valence electrons. The fraction of sp³-hybridized carbons (Fsp3) is 0.412. The second-order valence-electron chi connectivity index (χ2n) is 6.10. The van der Waals surface area contributed by atoms with Crippen molar-refractivity contribution in [2.75, 3.05) is 0 Å². The summed E-state index contributed by atoms with van der Waals surface area (Å²) < 4.78 is 8.57. The third-order valence-corrected chi connectivity index (χ3v) is 4.68. The first-order valence-electron chi connectivity index (χ1n) is 8.25. The Labute approximate surface area is 137 Å². The molecule has 0 spiro atoms. The van der Waals surface area contributed by atoms with Gasteiger partial charge in [-0.2, -0.15) is 4.98 Å². The van der Waals surface area contributed by atoms with Crippen molar-refractivity contribution in [2.45, 2.75) is 45.1 Å². The lowest BCUT2D eigenvalue weighted by atomic mass is 9.88. The number of fused-ring (bicyclic) bond motifs is 1. The van der Waals surface area contributed by atoms with Gasteiger partial charge in [0.1, 0.15) is 5.78 Å². The number of hydrogen-bond acceptors (Lipinski definition) is 5. The van der Waals surface area contributed by atoms with Crippen molar-refractivity contribution in [3.63, 3.8) is 0 Å². The summed E-state index contributed by atoms with van der Waals surface area (Å²) >= 11 is 0. The molecule has 7 heteroatoms. The Kier molecular flexibility index (Phi) is 3.55. The van der Waals surface area contributed by atoms with E-state index in [1.54, 1.807) is 4.57 Å². The van der Waals surface area contributed by atoms with Gasteiger partial charge in [0.2, 0.25) is 5.89 Å². The number of aromatic nitrogens is 4. The molecule has 24 heavy (non-hydrogen) atoms. The van der Waals surface area contributed by atoms with Gasteiger partial charge in [-0.15, -0.1) is 0 Å². The molecule has 0 amide bonds. The number of imidazole rings is 1. The highest BCUT2D eigenvalue weighted by atomic mass is 16.5. The number of Topliss-reactive ketones (excluding diaryl/α,β-unsaturated/α-hetero) is 1. The number of hydrogen-bond donors (Lipinski definition) is 0. The van der Waals surface area contributed by atoms with E-state index in [9.17, 15) is 9.59 Å². The Morgan fingerprint density at radius 3 is 2.58 bits per heavy atom. The maximum atomic E-state index is 12.7. The summed E-state index contributed by atoms with van der Waals surface area (Å²) in [6.07, 6.45) is 2.56. The summed E-state index contributed by atoms with van der Waals surface area (Å²) in [6, 6.07) is 7.56. The van der Waals surface area contributed by atoms with Gasteiger partial charge in [0.15, 0.2) is 0 Å². The monoisotopic (exact) mass is 326 g/mol. The lowest BCUT2D eigenvalue weighted by Crippen LogP contribution is -2.23. The van der Waals surface area contributed by atoms with Gasteiger partial charge >= 0.3 is 5.69 Å². The zero-order valence-corrected chi connectivity index (χ0v) is 13.4. The summed E-state index contributed by atoms with van der Waals surface area (Å²) in [7, 11) is 0. The number of carbonyl (C=O) groups is 1. The van der Waals surface area contributed by atoms with Crippen LogP contribution in [-0.2, 0) is 11.3 Å². The molecule has 7 nitrogen and oxygen atoms in total. The van der Waals surface area contributed by atoms with Crippen LogP contribution >= 0.6 is 0 Å². The van der Waals surface area contributed by atoms with Crippen molar-refractivity contribution < 1.29 is 9.32 Å². The highest BCUT2D eigenvalue weighted by Gasteiger charge is 2.26. The standard InChI is InChI=1S/C17H18N4O3/c1-2-20-13-5-3-4-6-14(13)21(17(20)23)16-18-15(24-19-16)11-7-9-12(22)10-8-11/h3-6,11H,2,7-10H2,1H3. The predicted octanol–water partition coefficient (Wildman–Crippen LogP) is 2.42. The number of benzene rings is 1. The lowest BCUT2D eigenvalue weighted by Gasteiger charge is -2.16. The molecule has 0 bridgehead atoms. The van der Waals surface area contributed by atoms with Crippen molar-refractivity contribution in [3.05, 3.63) is 40.6 Å². The molecule has 1 saturated carbocycles. The lowest BCUT2D eigenvalue weighted by molar-refractivity contribution is -0.120. The van der Waals surface area contributed by atoms with E-state index >= 15 is 0 Å². The quantitative estimate of drug-likeness (QED) is 0.738. The van der Waals surface area contributed by atoms with Gasteiger partial charge < -0.3 is 4.52 Å². The molecule has 1 aliphatic rings. The van der Waals surface area contributed by atoms with E-state index < -0.39 is 0 Å². The van der Waals surface area contributed by atoms with Gasteiger partial charge in [0.25, 0.3) is 5.95 Å². The fourth-order valence-electron chi connectivity index (χ4n) is 3.38. The van der Waals surface area contributed by atoms with Crippen LogP contribution in [0.15, 0.2) is 33.6 Å². The Morgan fingerprint density at radius 1 is 1.17 bits per heavy atom. The van der Waals surface area contributed by atoms with Crippen LogP contribution < -0.4 is 5.69 Å². The normalized spacial score (nSPS) is 16.1. The van der Waals surface area contributed by atoms with Crippen molar-refractivity contribution in [1.29, 1.82) is 0 Å². The van der Waals surface area contributed by atoms with Crippen molar-refractivity contribution in [1.82, 2.24) is 19.3 Å². The first-order valence-corrected chi connectivity index (χ1v) is 8.25. The predicted molar refractivity (Wildman–Crippen MR) is 87.3 cm³/mol. The Balaban J connectivity index is 1.78. The molecule has 0 radical (unpaired) electrons. The van der Waals surface area contributed by atoms with Crippen LogP contribution in [0.2, 0.25) is 0 Å². The molecule has 0 N–H and O–H groups in total. The molecule has 4 rings (SSSR count). The maximum Gasteiger partial charge on any atom is 0.336 e. The Morgan fingerprint density at radius 2 is 1.88 bits per heavy atom. The minimum atomic E-state index is -0.176. The number of carbonyl (C=O) groups excluding carboxylic acids is 1. The maximum absolute atomic E-state index is 12.7. The number of nitrogens with zero attached hydrogens (tertiary/aromatic N) is 4. The molecular weight excluding hydrogens is 308 g/mol. The van der Waals surface area contributed by atoms with Crippen LogP contribution in [0.3, 0.4) is 0 Å². The van der Waals surface area contributed by atoms with E-state index in [2.05, 4.69) is 10.1 Å². The number of aryl methyl sites for hydroxylation is 1. The molecule has 3 aromatic rings. The van der Waals surface area contributed by atoms with E-state index in [1.807, 2.05) is 31.2 Å². The van der Waals surface area contributed by atoms with Gasteiger partial charge in [-0.1, -0.05) is 12.1 Å². The molecule has 0 aliphatic heterocycles. The molecular formula is C17H18N4O3. The minimum Gasteiger partial charge on any atom is -0.337 e. The van der Waals surface area contributed by atoms with E-state index in [4.69, 9.17) is 4.52 Å². The number of para-hydroxylation sites is 2. The highest BCUT2D eigenvalue weighted by molar-refractivity contribution is 5.79. The molecule has 1 fully saturated rings. The summed E-state index contributed by atoms with van der Waals surface area (Å²) in [5.74, 6) is 1.15. The van der Waals surface area contributed by atoms with Gasteiger partial charge in [-0.3, -0.25) is 9.36 Å². The molecule has 1 aliphatic carbocycles. The summed E-state index contributed by atoms with van der Waals surface area (Å²) in [4.78, 5) is 28.5. The van der Waals surface area contributed by atoms with Crippen LogP contribution in [0.25, 0.3) is 17.0 Å². The number of rotatable bonds is 3. The topological polar surface area (TPSA) is 82.9 Å². The van der Waals surface area contributed by atoms with Crippen molar-refractivity contribution in [3.8, 4) is 5.95 Å². The summed E-state index contributed by atoms with van der Waals surface area (Å²) in [5.41, 5.74) is 1.43. The molecule has 2 heterocycles. The van der Waals surface area contributed by atoms with E-state index in [-0.39, 0.29) is 23.3 Å². The average Bonchev–Trinajstić information content (AvgIpc) is 3.17. The van der Waals surface area contributed by atoms with Crippen LogP contribution in [0.1, 0.15) is 44.4 Å². The minimum absolute atomic E-state index is 0.0965. The van der Waals surface area contributed by atoms with E-state index in [1.165, 1.54) is 4.57 Å². The van der Waals surface area contributed by atoms with E-state index in [0.717, 1.165) is 23.9 Å². The zero-order chi connectivity index (χ0) is 16.7. The second-order valence-corrected chi connectivity index (χ2v) is 6.10. The van der Waals surface area contributed by atoms with Crippen molar-refractivity contribution in [2.24, 2.45) is 0 Å². The SMILES string of the molecule is CCn1c(=O)n(-c2noc(C3CCC(=O)CC3)n2)c2ccccc21. The molecule has 0 saturated heterocycles. The van der Waals surface area contributed by atoms with Crippen molar-refractivity contribution >= 4 is 16.8 Å². The number of ketones is 1. The van der Waals surface area contributed by atoms with Crippen LogP contribution in [0.5, 0.6) is 0 Å². The van der Waals surface area contributed by atoms with Crippen LogP contribution in [0, 0.1) is 0 Å². The molecule has 1 aromatic carbocycles. The third kappa shape index (κ3) is 2.28. The summed E-state index contributed by atoms with van der Waals surface area (Å²) in [6.45, 7) is 2.50. The Bertz CT molecular complexity index is 956. The third-order valence-electron chi connectivity index (χ3n) is 4.68. The van der Waals surface area contributed by atoms with Crippen LogP contribution in [-0.4, -0.2) is 25.1 Å². The summed E-state index contributed by atoms with van der Waals surface area (Å²) in [5, 5.41) is 4.02. The zero-order valence-electron chi connectivity index (χ0n) is 13.4. The first kappa shape index (κ1) is 14.9. The van der Waals surface area contributed by atoms with Gasteiger partial charge in [-0.05, 0) is 37.1 Å². The largest absolute Gasteiger partial charge is 0.337 e. The Hall–Kier alpha value is -2.70. The van der Waals surface area contributed by atoms with E-state index in [0.29, 0.717) is 25.3 Å².